The molecule has 0 radical (unpaired) electrons. The number of likely N-dealkylation sites (tertiary alicyclic amines) is 1. The summed E-state index contributed by atoms with van der Waals surface area (Å²) in [5.41, 5.74) is 2.20. The Morgan fingerprint density at radius 3 is 2.40 bits per heavy atom. The fraction of sp³-hybridized carbons (Fsp3) is 0.480. The lowest BCUT2D eigenvalue weighted by Gasteiger charge is -2.34. The minimum atomic E-state index is -4.65. The molecule has 1 saturated heterocycles. The number of thiazole rings is 1. The standard InChI is InChI=1S/C50H60F3N5O9S/c1-30(63-8)43-37(21-35(24-54-43)65-26-32-14-11-10-12-15-32)44-38(23-49(6,7)29-66-31(2)59)36-20-33(17-18-41(36)58(44)28-50(51,52)53)40-27-68-42(55-40)22-39(56-47(62)67-48(3,4)5)45(60)57-19-13-16-34(25-57)46(61)64-9/h10-12,14-15,17-18,20-21,24,27,30,34,39H,13,16,19,22-23,25-26,28-29H2,1-9H3,(H,56,62)/t30-,34-,39-/m0/s1. The zero-order chi connectivity index (χ0) is 49.6. The molecule has 3 aromatic heterocycles. The molecule has 6 rings (SSSR count). The number of hydrogen-bond donors (Lipinski definition) is 1. The van der Waals surface area contributed by atoms with Gasteiger partial charge in [0.1, 0.15) is 30.5 Å². The highest BCUT2D eigenvalue weighted by Gasteiger charge is 2.37. The Morgan fingerprint density at radius 2 is 1.74 bits per heavy atom. The maximum atomic E-state index is 14.9. The lowest BCUT2D eigenvalue weighted by atomic mass is 9.84. The minimum absolute atomic E-state index is 0.0117. The molecule has 0 saturated carbocycles. The van der Waals surface area contributed by atoms with E-state index in [9.17, 15) is 32.3 Å². The largest absolute Gasteiger partial charge is 0.487 e. The van der Waals surface area contributed by atoms with Crippen molar-refractivity contribution in [1.29, 1.82) is 0 Å². The van der Waals surface area contributed by atoms with Gasteiger partial charge in [-0.2, -0.15) is 13.2 Å². The zero-order valence-corrected chi connectivity index (χ0v) is 40.8. The third-order valence-corrected chi connectivity index (χ3v) is 12.3. The Kier molecular flexibility index (Phi) is 16.3. The average Bonchev–Trinajstić information content (AvgIpc) is 3.87. The van der Waals surface area contributed by atoms with Gasteiger partial charge in [0.2, 0.25) is 5.91 Å². The molecule has 1 N–H and O–H groups in total. The number of esters is 2. The van der Waals surface area contributed by atoms with Gasteiger partial charge in [-0.1, -0.05) is 50.2 Å². The van der Waals surface area contributed by atoms with Gasteiger partial charge in [-0.05, 0) is 76.3 Å². The van der Waals surface area contributed by atoms with Crippen LogP contribution in [0.15, 0.2) is 66.2 Å². The molecule has 0 unspecified atom stereocenters. The Hall–Kier alpha value is -6.01. The van der Waals surface area contributed by atoms with Crippen LogP contribution in [0, 0.1) is 11.3 Å². The predicted octanol–water partition coefficient (Wildman–Crippen LogP) is 9.65. The number of nitrogens with zero attached hydrogens (tertiary/aromatic N) is 4. The number of pyridine rings is 1. The van der Waals surface area contributed by atoms with E-state index in [1.54, 1.807) is 62.2 Å². The van der Waals surface area contributed by atoms with Crippen molar-refractivity contribution in [3.8, 4) is 28.3 Å². The lowest BCUT2D eigenvalue weighted by molar-refractivity contribution is -0.149. The summed E-state index contributed by atoms with van der Waals surface area (Å²) in [5.74, 6) is -1.49. The molecule has 18 heteroatoms. The van der Waals surface area contributed by atoms with E-state index in [0.717, 1.165) is 5.56 Å². The molecule has 14 nitrogen and oxygen atoms in total. The molecule has 5 aromatic rings. The number of halogens is 3. The molecule has 1 fully saturated rings. The van der Waals surface area contributed by atoms with E-state index in [0.29, 0.717) is 69.1 Å². The highest BCUT2D eigenvalue weighted by molar-refractivity contribution is 7.10. The van der Waals surface area contributed by atoms with Crippen molar-refractivity contribution >= 4 is 46.2 Å². The maximum absolute atomic E-state index is 14.9. The van der Waals surface area contributed by atoms with Crippen LogP contribution in [0.3, 0.4) is 0 Å². The molecule has 1 aliphatic heterocycles. The van der Waals surface area contributed by atoms with Crippen LogP contribution in [0.4, 0.5) is 18.0 Å². The molecule has 4 heterocycles. The third-order valence-electron chi connectivity index (χ3n) is 11.4. The smallest absolute Gasteiger partial charge is 0.408 e. The van der Waals surface area contributed by atoms with Crippen LogP contribution in [0.25, 0.3) is 33.4 Å². The van der Waals surface area contributed by atoms with Crippen LogP contribution in [-0.4, -0.2) is 95.1 Å². The number of methoxy groups -OCH3 is 2. The van der Waals surface area contributed by atoms with Crippen molar-refractivity contribution in [2.45, 2.75) is 111 Å². The SMILES string of the molecule is COC(=O)[C@H]1CCCN(C(=O)[C@H](Cc2nc(-c3ccc4c(c3)c(CC(C)(C)COC(C)=O)c(-c3cc(OCc5ccccc5)cnc3[C@H](C)OC)n4CC(F)(F)F)cs2)NC(=O)OC(C)(C)C)C1. The Labute approximate surface area is 398 Å². The molecular formula is C50H60F3N5O9S. The number of fused-ring (bicyclic) bond motifs is 1. The van der Waals surface area contributed by atoms with Gasteiger partial charge in [-0.15, -0.1) is 11.3 Å². The number of hydrogen-bond acceptors (Lipinski definition) is 12. The summed E-state index contributed by atoms with van der Waals surface area (Å²) in [5, 5.41) is 5.51. The van der Waals surface area contributed by atoms with E-state index in [-0.39, 0.29) is 38.3 Å². The number of benzene rings is 2. The summed E-state index contributed by atoms with van der Waals surface area (Å²) in [6.45, 7) is 11.3. The fourth-order valence-corrected chi connectivity index (χ4v) is 9.11. The molecule has 68 heavy (non-hydrogen) atoms. The lowest BCUT2D eigenvalue weighted by Crippen LogP contribution is -2.53. The first kappa shape index (κ1) is 51.4. The van der Waals surface area contributed by atoms with Gasteiger partial charge in [0.15, 0.2) is 0 Å². The first-order valence-electron chi connectivity index (χ1n) is 22.4. The van der Waals surface area contributed by atoms with E-state index in [1.165, 1.54) is 43.2 Å². The number of aromatic nitrogens is 3. The van der Waals surface area contributed by atoms with Crippen LogP contribution in [-0.2, 0) is 59.3 Å². The van der Waals surface area contributed by atoms with Crippen molar-refractivity contribution in [3.05, 3.63) is 88.0 Å². The van der Waals surface area contributed by atoms with Crippen molar-refractivity contribution in [2.75, 3.05) is 33.9 Å². The number of nitrogens with one attached hydrogen (secondary N) is 1. The van der Waals surface area contributed by atoms with Crippen LogP contribution in [0.1, 0.15) is 89.2 Å². The highest BCUT2D eigenvalue weighted by Crippen LogP contribution is 2.44. The second kappa shape index (κ2) is 21.5. The number of ether oxygens (including phenoxy) is 5. The second-order valence-corrected chi connectivity index (χ2v) is 19.8. The number of alkyl halides is 3. The van der Waals surface area contributed by atoms with Gasteiger partial charge in [0, 0.05) is 66.4 Å². The molecule has 0 bridgehead atoms. The monoisotopic (exact) mass is 963 g/mol. The first-order valence-corrected chi connectivity index (χ1v) is 23.3. The molecule has 3 atom stereocenters. The van der Waals surface area contributed by atoms with Crippen molar-refractivity contribution < 1.29 is 56.0 Å². The predicted molar refractivity (Wildman–Crippen MR) is 251 cm³/mol. The van der Waals surface area contributed by atoms with E-state index in [2.05, 4.69) is 5.32 Å². The summed E-state index contributed by atoms with van der Waals surface area (Å²) in [6, 6.07) is 15.2. The average molecular weight is 964 g/mol. The van der Waals surface area contributed by atoms with Crippen LogP contribution in [0.2, 0.25) is 0 Å². The van der Waals surface area contributed by atoms with Crippen LogP contribution in [0.5, 0.6) is 5.75 Å². The van der Waals surface area contributed by atoms with Gasteiger partial charge < -0.3 is 38.5 Å². The fourth-order valence-electron chi connectivity index (χ4n) is 8.26. The number of piperidine rings is 1. The van der Waals surface area contributed by atoms with Gasteiger partial charge in [-0.3, -0.25) is 19.4 Å². The normalized spacial score (nSPS) is 15.4. The van der Waals surface area contributed by atoms with Crippen LogP contribution < -0.4 is 10.1 Å². The molecule has 2 aromatic carbocycles. The topological polar surface area (TPSA) is 160 Å². The molecule has 366 valence electrons. The van der Waals surface area contributed by atoms with Gasteiger partial charge in [0.05, 0.1) is 54.0 Å². The number of alkyl carbamates (subject to hydrolysis) is 1. The number of amides is 2. The molecular weight excluding hydrogens is 904 g/mol. The van der Waals surface area contributed by atoms with Gasteiger partial charge in [-0.25, -0.2) is 9.78 Å². The number of carbonyl (C=O) groups is 4. The van der Waals surface area contributed by atoms with E-state index in [1.807, 2.05) is 44.2 Å². The minimum Gasteiger partial charge on any atom is -0.487 e. The van der Waals surface area contributed by atoms with E-state index in [4.69, 9.17) is 33.7 Å². The second-order valence-electron chi connectivity index (χ2n) is 18.8. The number of rotatable bonds is 17. The van der Waals surface area contributed by atoms with E-state index >= 15 is 0 Å². The number of carbonyl (C=O) groups excluding carboxylic acids is 4. The highest BCUT2D eigenvalue weighted by atomic mass is 32.1. The van der Waals surface area contributed by atoms with Crippen molar-refractivity contribution in [2.24, 2.45) is 11.3 Å². The van der Waals surface area contributed by atoms with E-state index < -0.39 is 65.7 Å². The Balaban J connectivity index is 1.46. The molecule has 1 aliphatic rings. The van der Waals surface area contributed by atoms with Crippen molar-refractivity contribution in [1.82, 2.24) is 24.8 Å². The summed E-state index contributed by atoms with van der Waals surface area (Å²) in [7, 11) is 2.80. The summed E-state index contributed by atoms with van der Waals surface area (Å²) in [6.07, 6.45) is -3.26. The van der Waals surface area contributed by atoms with Crippen molar-refractivity contribution in [3.63, 3.8) is 0 Å². The first-order chi connectivity index (χ1) is 32.0. The molecule has 0 aliphatic carbocycles. The van der Waals surface area contributed by atoms with Gasteiger partial charge >= 0.3 is 24.2 Å². The molecule has 0 spiro atoms. The summed E-state index contributed by atoms with van der Waals surface area (Å²) in [4.78, 5) is 62.9. The summed E-state index contributed by atoms with van der Waals surface area (Å²) >= 11 is 1.25. The quantitative estimate of drug-likeness (QED) is 0.0698. The Morgan fingerprint density at radius 1 is 1.00 bits per heavy atom. The Bertz CT molecular complexity index is 2590. The third kappa shape index (κ3) is 13.4. The zero-order valence-electron chi connectivity index (χ0n) is 40.0. The van der Waals surface area contributed by atoms with Gasteiger partial charge in [0.25, 0.3) is 0 Å². The maximum Gasteiger partial charge on any atom is 0.408 e. The molecule has 2 amide bonds. The summed E-state index contributed by atoms with van der Waals surface area (Å²) < 4.78 is 73.7. The van der Waals surface area contributed by atoms with Crippen LogP contribution >= 0.6 is 11.3 Å².